The first-order valence-corrected chi connectivity index (χ1v) is 4.09. The number of aromatic amines is 1. The lowest BCUT2D eigenvalue weighted by Gasteiger charge is -2.05. The molecule has 0 aliphatic carbocycles. The molecule has 0 aromatic carbocycles. The van der Waals surface area contributed by atoms with Crippen LogP contribution in [0.15, 0.2) is 10.9 Å². The summed E-state index contributed by atoms with van der Waals surface area (Å²) in [6.45, 7) is 4.02. The quantitative estimate of drug-likeness (QED) is 0.695. The van der Waals surface area contributed by atoms with E-state index in [0.29, 0.717) is 5.69 Å². The number of rotatable bonds is 2. The van der Waals surface area contributed by atoms with E-state index in [1.807, 2.05) is 19.9 Å². The molecule has 0 saturated carbocycles. The van der Waals surface area contributed by atoms with Crippen LogP contribution in [-0.4, -0.2) is 12.0 Å². The molecular weight excluding hydrogens is 152 g/mol. The molecule has 1 aromatic rings. The number of nitrogens with one attached hydrogen (secondary N) is 2. The van der Waals surface area contributed by atoms with Gasteiger partial charge in [-0.2, -0.15) is 0 Å². The van der Waals surface area contributed by atoms with Gasteiger partial charge in [-0.05, 0) is 25.0 Å². The number of aromatic nitrogens is 1. The summed E-state index contributed by atoms with van der Waals surface area (Å²) in [7, 11) is 1.75. The summed E-state index contributed by atoms with van der Waals surface area (Å²) in [6, 6.07) is 1.87. The van der Waals surface area contributed by atoms with Crippen molar-refractivity contribution in [2.24, 2.45) is 0 Å². The van der Waals surface area contributed by atoms with Gasteiger partial charge in [-0.15, -0.1) is 0 Å². The third kappa shape index (κ3) is 1.49. The monoisotopic (exact) mass is 166 g/mol. The molecule has 0 bridgehead atoms. The molecule has 0 unspecified atom stereocenters. The summed E-state index contributed by atoms with van der Waals surface area (Å²) in [4.78, 5) is 14.1. The Labute approximate surface area is 71.8 Å². The van der Waals surface area contributed by atoms with Crippen LogP contribution in [0.4, 0.5) is 5.69 Å². The van der Waals surface area contributed by atoms with E-state index in [4.69, 9.17) is 0 Å². The van der Waals surface area contributed by atoms with E-state index in [-0.39, 0.29) is 5.56 Å². The first-order chi connectivity index (χ1) is 5.69. The molecule has 1 aromatic heterocycles. The van der Waals surface area contributed by atoms with Crippen molar-refractivity contribution >= 4 is 5.69 Å². The van der Waals surface area contributed by atoms with Gasteiger partial charge in [0, 0.05) is 12.7 Å². The Bertz CT molecular complexity index is 328. The van der Waals surface area contributed by atoms with Crippen molar-refractivity contribution in [1.29, 1.82) is 0 Å². The molecule has 0 fully saturated rings. The number of hydrogen-bond acceptors (Lipinski definition) is 2. The molecule has 3 nitrogen and oxygen atoms in total. The minimum Gasteiger partial charge on any atom is -0.384 e. The number of H-pyrrole nitrogens is 1. The van der Waals surface area contributed by atoms with E-state index in [2.05, 4.69) is 10.3 Å². The Morgan fingerprint density at radius 2 is 2.25 bits per heavy atom. The van der Waals surface area contributed by atoms with E-state index in [1.54, 1.807) is 7.05 Å². The Morgan fingerprint density at radius 1 is 1.58 bits per heavy atom. The average molecular weight is 166 g/mol. The molecule has 0 amide bonds. The van der Waals surface area contributed by atoms with Gasteiger partial charge in [0.25, 0.3) is 5.56 Å². The van der Waals surface area contributed by atoms with Crippen LogP contribution in [0.2, 0.25) is 0 Å². The second-order valence-electron chi connectivity index (χ2n) is 2.78. The first-order valence-electron chi connectivity index (χ1n) is 4.09. The van der Waals surface area contributed by atoms with Crippen molar-refractivity contribution in [1.82, 2.24) is 4.98 Å². The minimum absolute atomic E-state index is 0.0417. The molecule has 0 radical (unpaired) electrons. The Morgan fingerprint density at radius 3 is 2.75 bits per heavy atom. The molecular formula is C9H14N2O. The summed E-state index contributed by atoms with van der Waals surface area (Å²) in [6.07, 6.45) is 0.866. The Balaban J connectivity index is 3.26. The van der Waals surface area contributed by atoms with Gasteiger partial charge in [0.05, 0.1) is 0 Å². The van der Waals surface area contributed by atoms with E-state index in [9.17, 15) is 4.79 Å². The Kier molecular flexibility index (Phi) is 2.53. The van der Waals surface area contributed by atoms with Crippen molar-refractivity contribution < 1.29 is 0 Å². The SMILES string of the molecule is CCc1[nH]c(=O)c(NC)cc1C. The van der Waals surface area contributed by atoms with Gasteiger partial charge in [0.2, 0.25) is 0 Å². The van der Waals surface area contributed by atoms with Gasteiger partial charge >= 0.3 is 0 Å². The van der Waals surface area contributed by atoms with Crippen LogP contribution in [-0.2, 0) is 6.42 Å². The van der Waals surface area contributed by atoms with Gasteiger partial charge < -0.3 is 10.3 Å². The summed E-state index contributed by atoms with van der Waals surface area (Å²) in [5.74, 6) is 0. The maximum Gasteiger partial charge on any atom is 0.271 e. The fourth-order valence-electron chi connectivity index (χ4n) is 1.23. The fourth-order valence-corrected chi connectivity index (χ4v) is 1.23. The minimum atomic E-state index is -0.0417. The lowest BCUT2D eigenvalue weighted by molar-refractivity contribution is 0.987. The van der Waals surface area contributed by atoms with Gasteiger partial charge in [-0.25, -0.2) is 0 Å². The predicted molar refractivity (Wildman–Crippen MR) is 50.7 cm³/mol. The largest absolute Gasteiger partial charge is 0.384 e. The van der Waals surface area contributed by atoms with Gasteiger partial charge in [-0.3, -0.25) is 4.79 Å². The zero-order chi connectivity index (χ0) is 9.14. The smallest absolute Gasteiger partial charge is 0.271 e. The van der Waals surface area contributed by atoms with Gasteiger partial charge in [0.15, 0.2) is 0 Å². The second-order valence-corrected chi connectivity index (χ2v) is 2.78. The summed E-state index contributed by atoms with van der Waals surface area (Å²) in [5.41, 5.74) is 2.73. The molecule has 3 heteroatoms. The number of aryl methyl sites for hydroxylation is 2. The van der Waals surface area contributed by atoms with Gasteiger partial charge in [-0.1, -0.05) is 6.92 Å². The van der Waals surface area contributed by atoms with Crippen LogP contribution in [0.1, 0.15) is 18.2 Å². The van der Waals surface area contributed by atoms with Crippen LogP contribution in [0.3, 0.4) is 0 Å². The standard InChI is InChI=1S/C9H14N2O/c1-4-7-6(2)5-8(10-3)9(12)11-7/h5,10H,4H2,1-3H3,(H,11,12). The molecule has 0 saturated heterocycles. The highest BCUT2D eigenvalue weighted by Crippen LogP contribution is 2.07. The van der Waals surface area contributed by atoms with E-state index in [0.717, 1.165) is 17.7 Å². The molecule has 0 spiro atoms. The molecule has 2 N–H and O–H groups in total. The van der Waals surface area contributed by atoms with Crippen LogP contribution in [0.5, 0.6) is 0 Å². The third-order valence-corrected chi connectivity index (χ3v) is 1.97. The third-order valence-electron chi connectivity index (χ3n) is 1.97. The summed E-state index contributed by atoms with van der Waals surface area (Å²) in [5, 5.41) is 2.84. The lowest BCUT2D eigenvalue weighted by atomic mass is 10.1. The zero-order valence-electron chi connectivity index (χ0n) is 7.69. The zero-order valence-corrected chi connectivity index (χ0v) is 7.69. The van der Waals surface area contributed by atoms with E-state index < -0.39 is 0 Å². The van der Waals surface area contributed by atoms with Crippen LogP contribution in [0.25, 0.3) is 0 Å². The maximum absolute atomic E-state index is 11.3. The topological polar surface area (TPSA) is 44.9 Å². The molecule has 0 atom stereocenters. The maximum atomic E-state index is 11.3. The average Bonchev–Trinajstić information content (AvgIpc) is 2.08. The number of anilines is 1. The highest BCUT2D eigenvalue weighted by Gasteiger charge is 2.01. The first kappa shape index (κ1) is 8.84. The molecule has 66 valence electrons. The Hall–Kier alpha value is -1.25. The van der Waals surface area contributed by atoms with Crippen LogP contribution in [0, 0.1) is 6.92 Å². The number of hydrogen-bond donors (Lipinski definition) is 2. The highest BCUT2D eigenvalue weighted by molar-refractivity contribution is 5.43. The highest BCUT2D eigenvalue weighted by atomic mass is 16.1. The van der Waals surface area contributed by atoms with E-state index in [1.165, 1.54) is 0 Å². The molecule has 12 heavy (non-hydrogen) atoms. The predicted octanol–water partition coefficient (Wildman–Crippen LogP) is 1.29. The molecule has 1 rings (SSSR count). The van der Waals surface area contributed by atoms with Crippen molar-refractivity contribution in [3.05, 3.63) is 27.7 Å². The summed E-state index contributed by atoms with van der Waals surface area (Å²) >= 11 is 0. The van der Waals surface area contributed by atoms with E-state index >= 15 is 0 Å². The fraction of sp³-hybridized carbons (Fsp3) is 0.444. The molecule has 1 heterocycles. The molecule has 0 aliphatic heterocycles. The normalized spacial score (nSPS) is 9.92. The van der Waals surface area contributed by atoms with Crippen molar-refractivity contribution in [3.63, 3.8) is 0 Å². The van der Waals surface area contributed by atoms with Crippen molar-refractivity contribution in [3.8, 4) is 0 Å². The summed E-state index contributed by atoms with van der Waals surface area (Å²) < 4.78 is 0. The van der Waals surface area contributed by atoms with Crippen molar-refractivity contribution in [2.75, 3.05) is 12.4 Å². The lowest BCUT2D eigenvalue weighted by Crippen LogP contribution is -2.14. The van der Waals surface area contributed by atoms with Crippen molar-refractivity contribution in [2.45, 2.75) is 20.3 Å². The van der Waals surface area contributed by atoms with Crippen LogP contribution >= 0.6 is 0 Å². The number of pyridine rings is 1. The van der Waals surface area contributed by atoms with Crippen LogP contribution < -0.4 is 10.9 Å². The van der Waals surface area contributed by atoms with Gasteiger partial charge in [0.1, 0.15) is 5.69 Å². The second kappa shape index (κ2) is 3.43. The molecule has 0 aliphatic rings.